The molecule has 1 aliphatic rings. The van der Waals surface area contributed by atoms with Crippen molar-refractivity contribution in [2.75, 3.05) is 12.1 Å². The first kappa shape index (κ1) is 16.6. The molecule has 27 heavy (non-hydrogen) atoms. The summed E-state index contributed by atoms with van der Waals surface area (Å²) in [6, 6.07) is 12.5. The standard InChI is InChI=1S/C20H15N3O4/c24-19(7-5-14-4-6-17-18(10-14)26-13-25-17)23-15-2-1-3-16(11-15)27-20-12-21-8-9-22-20/h1-12H,13H2,(H,23,24)/b7-5+. The van der Waals surface area contributed by atoms with Crippen molar-refractivity contribution in [1.29, 1.82) is 0 Å². The maximum atomic E-state index is 12.2. The summed E-state index contributed by atoms with van der Waals surface area (Å²) in [5.41, 5.74) is 1.45. The third kappa shape index (κ3) is 4.21. The van der Waals surface area contributed by atoms with Crippen LogP contribution in [0.1, 0.15) is 5.56 Å². The van der Waals surface area contributed by atoms with Gasteiger partial charge in [-0.2, -0.15) is 0 Å². The highest BCUT2D eigenvalue weighted by Crippen LogP contribution is 2.32. The fourth-order valence-electron chi connectivity index (χ4n) is 2.47. The number of carbonyl (C=O) groups is 1. The number of nitrogens with one attached hydrogen (secondary N) is 1. The molecular formula is C20H15N3O4. The summed E-state index contributed by atoms with van der Waals surface area (Å²) in [5, 5.41) is 2.79. The maximum absolute atomic E-state index is 12.2. The number of fused-ring (bicyclic) bond motifs is 1. The van der Waals surface area contributed by atoms with E-state index in [4.69, 9.17) is 14.2 Å². The number of ether oxygens (including phenoxy) is 3. The first-order valence-electron chi connectivity index (χ1n) is 8.19. The fraction of sp³-hybridized carbons (Fsp3) is 0.0500. The van der Waals surface area contributed by atoms with Gasteiger partial charge in [0.05, 0.1) is 6.20 Å². The van der Waals surface area contributed by atoms with Crippen molar-refractivity contribution < 1.29 is 19.0 Å². The second-order valence-electron chi connectivity index (χ2n) is 5.61. The van der Waals surface area contributed by atoms with Crippen LogP contribution in [0.2, 0.25) is 0 Å². The van der Waals surface area contributed by atoms with Crippen molar-refractivity contribution >= 4 is 17.7 Å². The molecule has 0 bridgehead atoms. The van der Waals surface area contributed by atoms with Crippen LogP contribution in [0.5, 0.6) is 23.1 Å². The van der Waals surface area contributed by atoms with Gasteiger partial charge in [-0.15, -0.1) is 0 Å². The third-order valence-electron chi connectivity index (χ3n) is 3.69. The zero-order chi connectivity index (χ0) is 18.5. The summed E-state index contributed by atoms with van der Waals surface area (Å²) < 4.78 is 16.2. The first-order chi connectivity index (χ1) is 13.3. The molecular weight excluding hydrogens is 346 g/mol. The molecule has 0 fully saturated rings. The minimum absolute atomic E-state index is 0.218. The van der Waals surface area contributed by atoms with Gasteiger partial charge in [0, 0.05) is 30.2 Å². The van der Waals surface area contributed by atoms with Crippen LogP contribution < -0.4 is 19.5 Å². The van der Waals surface area contributed by atoms with Gasteiger partial charge in [-0.1, -0.05) is 12.1 Å². The molecule has 3 aromatic rings. The van der Waals surface area contributed by atoms with E-state index < -0.39 is 0 Å². The Labute approximate surface area is 155 Å². The predicted molar refractivity (Wildman–Crippen MR) is 98.8 cm³/mol. The van der Waals surface area contributed by atoms with Crippen LogP contribution >= 0.6 is 0 Å². The lowest BCUT2D eigenvalue weighted by Gasteiger charge is -2.07. The zero-order valence-corrected chi connectivity index (χ0v) is 14.2. The molecule has 1 N–H and O–H groups in total. The zero-order valence-electron chi connectivity index (χ0n) is 14.2. The van der Waals surface area contributed by atoms with E-state index in [0.717, 1.165) is 5.56 Å². The summed E-state index contributed by atoms with van der Waals surface area (Å²) in [6.45, 7) is 0.218. The highest BCUT2D eigenvalue weighted by Gasteiger charge is 2.12. The Kier molecular flexibility index (Phi) is 4.65. The van der Waals surface area contributed by atoms with Crippen molar-refractivity contribution in [3.63, 3.8) is 0 Å². The van der Waals surface area contributed by atoms with Crippen LogP contribution in [0.4, 0.5) is 5.69 Å². The maximum Gasteiger partial charge on any atom is 0.248 e. The number of hydrogen-bond donors (Lipinski definition) is 1. The van der Waals surface area contributed by atoms with Crippen molar-refractivity contribution in [1.82, 2.24) is 9.97 Å². The van der Waals surface area contributed by atoms with Crippen LogP contribution in [0, 0.1) is 0 Å². The van der Waals surface area contributed by atoms with Gasteiger partial charge in [0.1, 0.15) is 5.75 Å². The average Bonchev–Trinajstić information content (AvgIpc) is 3.15. The summed E-state index contributed by atoms with van der Waals surface area (Å²) in [5.74, 6) is 2.05. The first-order valence-corrected chi connectivity index (χ1v) is 8.19. The second-order valence-corrected chi connectivity index (χ2v) is 5.61. The van der Waals surface area contributed by atoms with E-state index in [9.17, 15) is 4.79 Å². The molecule has 1 aromatic heterocycles. The summed E-state index contributed by atoms with van der Waals surface area (Å²) >= 11 is 0. The van der Waals surface area contributed by atoms with Gasteiger partial charge < -0.3 is 19.5 Å². The smallest absolute Gasteiger partial charge is 0.248 e. The Hall–Kier alpha value is -3.87. The van der Waals surface area contributed by atoms with Crippen molar-refractivity contribution in [2.45, 2.75) is 0 Å². The van der Waals surface area contributed by atoms with Gasteiger partial charge in [0.2, 0.25) is 18.6 Å². The number of anilines is 1. The number of amides is 1. The van der Waals surface area contributed by atoms with Crippen LogP contribution in [0.3, 0.4) is 0 Å². The van der Waals surface area contributed by atoms with E-state index in [0.29, 0.717) is 28.8 Å². The van der Waals surface area contributed by atoms with Crippen LogP contribution in [0.15, 0.2) is 67.1 Å². The molecule has 0 atom stereocenters. The quantitative estimate of drug-likeness (QED) is 0.699. The van der Waals surface area contributed by atoms with E-state index in [-0.39, 0.29) is 12.7 Å². The lowest BCUT2D eigenvalue weighted by molar-refractivity contribution is -0.111. The lowest BCUT2D eigenvalue weighted by Crippen LogP contribution is -2.07. The number of rotatable bonds is 5. The second kappa shape index (κ2) is 7.57. The molecule has 7 nitrogen and oxygen atoms in total. The topological polar surface area (TPSA) is 82.6 Å². The Balaban J connectivity index is 1.40. The molecule has 7 heteroatoms. The molecule has 1 amide bonds. The summed E-state index contributed by atoms with van der Waals surface area (Å²) in [6.07, 6.45) is 7.78. The average molecular weight is 361 g/mol. The van der Waals surface area contributed by atoms with Crippen molar-refractivity contribution in [3.05, 3.63) is 72.7 Å². The Morgan fingerprint density at radius 3 is 2.93 bits per heavy atom. The molecule has 2 heterocycles. The van der Waals surface area contributed by atoms with E-state index in [1.54, 1.807) is 42.7 Å². The van der Waals surface area contributed by atoms with Crippen LogP contribution in [-0.4, -0.2) is 22.7 Å². The van der Waals surface area contributed by atoms with Crippen LogP contribution in [-0.2, 0) is 4.79 Å². The van der Waals surface area contributed by atoms with Gasteiger partial charge in [-0.25, -0.2) is 4.98 Å². The number of aromatic nitrogens is 2. The number of benzene rings is 2. The molecule has 1 aliphatic heterocycles. The molecule has 0 spiro atoms. The summed E-state index contributed by atoms with van der Waals surface area (Å²) in [4.78, 5) is 20.2. The highest BCUT2D eigenvalue weighted by atomic mass is 16.7. The Bertz CT molecular complexity index is 990. The van der Waals surface area contributed by atoms with Crippen molar-refractivity contribution in [3.8, 4) is 23.1 Å². The number of nitrogens with zero attached hydrogens (tertiary/aromatic N) is 2. The molecule has 0 saturated carbocycles. The molecule has 0 unspecified atom stereocenters. The minimum Gasteiger partial charge on any atom is -0.454 e. The number of carbonyl (C=O) groups excluding carboxylic acids is 1. The van der Waals surface area contributed by atoms with Crippen molar-refractivity contribution in [2.24, 2.45) is 0 Å². The van der Waals surface area contributed by atoms with E-state index in [1.165, 1.54) is 12.3 Å². The molecule has 0 radical (unpaired) electrons. The molecule has 0 aliphatic carbocycles. The van der Waals surface area contributed by atoms with Gasteiger partial charge in [0.25, 0.3) is 0 Å². The Morgan fingerprint density at radius 1 is 1.11 bits per heavy atom. The molecule has 4 rings (SSSR count). The lowest BCUT2D eigenvalue weighted by atomic mass is 10.2. The predicted octanol–water partition coefficient (Wildman–Crippen LogP) is 3.65. The molecule has 2 aromatic carbocycles. The van der Waals surface area contributed by atoms with E-state index in [1.807, 2.05) is 18.2 Å². The van der Waals surface area contributed by atoms with Gasteiger partial charge in [-0.05, 0) is 35.9 Å². The highest BCUT2D eigenvalue weighted by molar-refractivity contribution is 6.02. The minimum atomic E-state index is -0.260. The van der Waals surface area contributed by atoms with Crippen LogP contribution in [0.25, 0.3) is 6.08 Å². The fourth-order valence-corrected chi connectivity index (χ4v) is 2.47. The monoisotopic (exact) mass is 361 g/mol. The van der Waals surface area contributed by atoms with Gasteiger partial charge in [-0.3, -0.25) is 9.78 Å². The Morgan fingerprint density at radius 2 is 2.04 bits per heavy atom. The van der Waals surface area contributed by atoms with E-state index >= 15 is 0 Å². The molecule has 0 saturated heterocycles. The largest absolute Gasteiger partial charge is 0.454 e. The summed E-state index contributed by atoms with van der Waals surface area (Å²) in [7, 11) is 0. The number of hydrogen-bond acceptors (Lipinski definition) is 6. The van der Waals surface area contributed by atoms with Gasteiger partial charge in [0.15, 0.2) is 11.5 Å². The molecule has 134 valence electrons. The third-order valence-corrected chi connectivity index (χ3v) is 3.69. The van der Waals surface area contributed by atoms with Gasteiger partial charge >= 0.3 is 0 Å². The normalized spacial score (nSPS) is 12.1. The van der Waals surface area contributed by atoms with E-state index in [2.05, 4.69) is 15.3 Å². The SMILES string of the molecule is O=C(/C=C/c1ccc2c(c1)OCO2)Nc1cccc(Oc2cnccn2)c1.